The Hall–Kier alpha value is -1.24. The maximum absolute atomic E-state index is 12.1. The van der Waals surface area contributed by atoms with E-state index in [0.717, 1.165) is 13.0 Å². The first kappa shape index (κ1) is 16.8. The molecule has 3 N–H and O–H groups in total. The summed E-state index contributed by atoms with van der Waals surface area (Å²) in [5.41, 5.74) is 0.351. The van der Waals surface area contributed by atoms with Gasteiger partial charge in [-0.25, -0.2) is 9.97 Å². The predicted molar refractivity (Wildman–Crippen MR) is 78.1 cm³/mol. The van der Waals surface area contributed by atoms with Crippen LogP contribution >= 0.6 is 12.4 Å². The molecule has 0 unspecified atom stereocenters. The van der Waals surface area contributed by atoms with Gasteiger partial charge in [-0.3, -0.25) is 4.79 Å². The van der Waals surface area contributed by atoms with Crippen LogP contribution < -0.4 is 10.6 Å². The number of carbonyl (C=O) groups excluding carboxylic acids is 1. The number of rotatable bonds is 3. The Morgan fingerprint density at radius 1 is 1.55 bits per heavy atom. The zero-order valence-electron chi connectivity index (χ0n) is 11.7. The Kier molecular flexibility index (Phi) is 6.32. The smallest absolute Gasteiger partial charge is 0.270 e. The molecule has 0 aliphatic carbocycles. The third kappa shape index (κ3) is 4.13. The van der Waals surface area contributed by atoms with Crippen LogP contribution in [0, 0.1) is 0 Å². The summed E-state index contributed by atoms with van der Waals surface area (Å²) in [5.74, 6) is 0.575. The van der Waals surface area contributed by atoms with Gasteiger partial charge in [0.2, 0.25) is 0 Å². The fourth-order valence-corrected chi connectivity index (χ4v) is 2.03. The summed E-state index contributed by atoms with van der Waals surface area (Å²) >= 11 is 0. The minimum atomic E-state index is -0.552. The summed E-state index contributed by atoms with van der Waals surface area (Å²) in [6.07, 6.45) is 1.76. The van der Waals surface area contributed by atoms with Crippen LogP contribution in [0.1, 0.15) is 42.5 Å². The topological polar surface area (TPSA) is 87.1 Å². The van der Waals surface area contributed by atoms with Crippen molar-refractivity contribution in [2.45, 2.75) is 38.3 Å². The molecule has 2 rings (SSSR count). The molecule has 1 fully saturated rings. The monoisotopic (exact) mass is 300 g/mol. The molecule has 6 nitrogen and oxygen atoms in total. The van der Waals surface area contributed by atoms with Crippen LogP contribution in [0.15, 0.2) is 12.3 Å². The molecule has 1 aliphatic rings. The highest BCUT2D eigenvalue weighted by atomic mass is 35.5. The van der Waals surface area contributed by atoms with E-state index in [9.17, 15) is 9.90 Å². The van der Waals surface area contributed by atoms with Crippen molar-refractivity contribution in [1.82, 2.24) is 20.6 Å². The molecule has 0 spiro atoms. The summed E-state index contributed by atoms with van der Waals surface area (Å²) in [4.78, 5) is 20.5. The second-order valence-electron chi connectivity index (χ2n) is 5.09. The second-order valence-corrected chi connectivity index (χ2v) is 5.09. The number of nitrogens with zero attached hydrogens (tertiary/aromatic N) is 2. The van der Waals surface area contributed by atoms with E-state index in [0.29, 0.717) is 18.1 Å². The van der Waals surface area contributed by atoms with Crippen LogP contribution in [0.25, 0.3) is 0 Å². The van der Waals surface area contributed by atoms with Crippen molar-refractivity contribution in [3.05, 3.63) is 23.8 Å². The average Bonchev–Trinajstić information content (AvgIpc) is 2.41. The van der Waals surface area contributed by atoms with E-state index >= 15 is 0 Å². The van der Waals surface area contributed by atoms with Crippen molar-refractivity contribution >= 4 is 18.3 Å². The second kappa shape index (κ2) is 7.52. The first-order valence-electron chi connectivity index (χ1n) is 6.60. The largest absolute Gasteiger partial charge is 0.390 e. The van der Waals surface area contributed by atoms with E-state index in [1.807, 2.05) is 13.8 Å². The Morgan fingerprint density at radius 2 is 2.30 bits per heavy atom. The zero-order valence-corrected chi connectivity index (χ0v) is 12.5. The lowest BCUT2D eigenvalue weighted by molar-refractivity contribution is 0.0761. The number of amides is 1. The van der Waals surface area contributed by atoms with Gasteiger partial charge in [0, 0.05) is 18.7 Å². The Bertz CT molecular complexity index is 456. The highest BCUT2D eigenvalue weighted by Crippen LogP contribution is 2.09. The molecule has 1 aromatic rings. The molecule has 20 heavy (non-hydrogen) atoms. The van der Waals surface area contributed by atoms with Gasteiger partial charge in [0.1, 0.15) is 11.5 Å². The third-order valence-corrected chi connectivity index (χ3v) is 3.19. The maximum atomic E-state index is 12.1. The zero-order chi connectivity index (χ0) is 13.8. The molecule has 7 heteroatoms. The van der Waals surface area contributed by atoms with Crippen LogP contribution in [0.4, 0.5) is 0 Å². The summed E-state index contributed by atoms with van der Waals surface area (Å²) < 4.78 is 0. The number of piperidine rings is 1. The Balaban J connectivity index is 0.00000200. The van der Waals surface area contributed by atoms with E-state index < -0.39 is 6.10 Å². The van der Waals surface area contributed by atoms with E-state index in [2.05, 4.69) is 20.6 Å². The highest BCUT2D eigenvalue weighted by molar-refractivity contribution is 5.92. The first-order valence-corrected chi connectivity index (χ1v) is 6.60. The normalized spacial score (nSPS) is 22.2. The van der Waals surface area contributed by atoms with Crippen LogP contribution in [0.5, 0.6) is 0 Å². The van der Waals surface area contributed by atoms with E-state index in [4.69, 9.17) is 0 Å². The number of aliphatic hydroxyl groups excluding tert-OH is 1. The van der Waals surface area contributed by atoms with Gasteiger partial charge in [0.05, 0.1) is 12.1 Å². The van der Waals surface area contributed by atoms with Gasteiger partial charge in [-0.2, -0.15) is 0 Å². The fourth-order valence-electron chi connectivity index (χ4n) is 2.03. The summed E-state index contributed by atoms with van der Waals surface area (Å²) in [6, 6.07) is 1.38. The van der Waals surface area contributed by atoms with Gasteiger partial charge < -0.3 is 15.7 Å². The number of carbonyl (C=O) groups is 1. The lowest BCUT2D eigenvalue weighted by Gasteiger charge is -2.28. The number of aromatic nitrogens is 2. The molecule has 1 saturated heterocycles. The molecular formula is C13H21ClN4O2. The number of hydrogen-bond acceptors (Lipinski definition) is 5. The van der Waals surface area contributed by atoms with Crippen LogP contribution in [-0.4, -0.2) is 46.2 Å². The van der Waals surface area contributed by atoms with Crippen molar-refractivity contribution in [3.63, 3.8) is 0 Å². The maximum Gasteiger partial charge on any atom is 0.270 e. The molecule has 2 heterocycles. The lowest BCUT2D eigenvalue weighted by atomic mass is 10.0. The van der Waals surface area contributed by atoms with E-state index in [-0.39, 0.29) is 30.3 Å². The van der Waals surface area contributed by atoms with Crippen LogP contribution in [-0.2, 0) is 0 Å². The van der Waals surface area contributed by atoms with Gasteiger partial charge in [-0.1, -0.05) is 13.8 Å². The average molecular weight is 301 g/mol. The summed E-state index contributed by atoms with van der Waals surface area (Å²) in [5, 5.41) is 15.7. The number of β-amino-alcohol motifs (C(OH)–C–C–N with tert-alkyl or cyclic N) is 1. The number of aliphatic hydroxyl groups is 1. The molecule has 2 atom stereocenters. The van der Waals surface area contributed by atoms with Crippen molar-refractivity contribution in [1.29, 1.82) is 0 Å². The van der Waals surface area contributed by atoms with Gasteiger partial charge in [-0.05, 0) is 19.0 Å². The predicted octanol–water partition coefficient (Wildman–Crippen LogP) is 0.474. The summed E-state index contributed by atoms with van der Waals surface area (Å²) in [6.45, 7) is 5.26. The number of hydrogen-bond donors (Lipinski definition) is 3. The van der Waals surface area contributed by atoms with Crippen molar-refractivity contribution < 1.29 is 9.90 Å². The molecule has 1 aromatic heterocycles. The van der Waals surface area contributed by atoms with Crippen LogP contribution in [0.2, 0.25) is 0 Å². The molecule has 0 radical (unpaired) electrons. The van der Waals surface area contributed by atoms with Crippen molar-refractivity contribution in [2.75, 3.05) is 13.1 Å². The minimum absolute atomic E-state index is 0. The number of nitrogens with one attached hydrogen (secondary N) is 2. The standard InChI is InChI=1S/C13H20N4O2.ClH/c1-8(2)12-15-6-4-10(16-12)13(19)17-9-3-5-14-7-11(9)18;/h4,6,8-9,11,14,18H,3,5,7H2,1-2H3,(H,17,19);1H/t9-,11-;/m1./s1. The van der Waals surface area contributed by atoms with E-state index in [1.54, 1.807) is 12.3 Å². The highest BCUT2D eigenvalue weighted by Gasteiger charge is 2.25. The van der Waals surface area contributed by atoms with E-state index in [1.165, 1.54) is 0 Å². The summed E-state index contributed by atoms with van der Waals surface area (Å²) in [7, 11) is 0. The molecule has 0 aromatic carbocycles. The third-order valence-electron chi connectivity index (χ3n) is 3.19. The molecular weight excluding hydrogens is 280 g/mol. The van der Waals surface area contributed by atoms with Crippen molar-refractivity contribution in [3.8, 4) is 0 Å². The Morgan fingerprint density at radius 3 is 2.95 bits per heavy atom. The lowest BCUT2D eigenvalue weighted by Crippen LogP contribution is -2.52. The van der Waals surface area contributed by atoms with Crippen LogP contribution in [0.3, 0.4) is 0 Å². The fraction of sp³-hybridized carbons (Fsp3) is 0.615. The van der Waals surface area contributed by atoms with Gasteiger partial charge in [0.25, 0.3) is 5.91 Å². The van der Waals surface area contributed by atoms with Gasteiger partial charge in [0.15, 0.2) is 0 Å². The molecule has 112 valence electrons. The molecule has 0 saturated carbocycles. The quantitative estimate of drug-likeness (QED) is 0.755. The minimum Gasteiger partial charge on any atom is -0.390 e. The van der Waals surface area contributed by atoms with Gasteiger partial charge in [-0.15, -0.1) is 12.4 Å². The Labute approximate surface area is 124 Å². The first-order chi connectivity index (χ1) is 9.08. The SMILES string of the molecule is CC(C)c1nccc(C(=O)N[C@@H]2CCNC[C@H]2O)n1.Cl. The van der Waals surface area contributed by atoms with Crippen molar-refractivity contribution in [2.24, 2.45) is 0 Å². The van der Waals surface area contributed by atoms with Gasteiger partial charge >= 0.3 is 0 Å². The number of halogens is 1. The molecule has 1 aliphatic heterocycles. The molecule has 0 bridgehead atoms. The molecule has 1 amide bonds.